The molecule has 10 heteroatoms. The molecule has 0 radical (unpaired) electrons. The molecule has 2 aromatic carbocycles. The van der Waals surface area contributed by atoms with E-state index in [2.05, 4.69) is 27.1 Å². The van der Waals surface area contributed by atoms with Crippen molar-refractivity contribution in [1.82, 2.24) is 24.3 Å². The summed E-state index contributed by atoms with van der Waals surface area (Å²) in [4.78, 5) is 41.2. The van der Waals surface area contributed by atoms with Crippen LogP contribution in [0.5, 0.6) is 0 Å². The molecule has 1 saturated carbocycles. The number of nitrogen functional groups attached to an aromatic ring is 1. The van der Waals surface area contributed by atoms with E-state index >= 15 is 4.39 Å². The van der Waals surface area contributed by atoms with Gasteiger partial charge in [-0.1, -0.05) is 36.3 Å². The molecule has 0 bridgehead atoms. The molecule has 5 aromatic rings. The molecule has 4 heterocycles. The summed E-state index contributed by atoms with van der Waals surface area (Å²) in [7, 11) is 0. The minimum Gasteiger partial charge on any atom is -0.382 e. The number of carbonyl (C=O) groups excluding carboxylic acids is 2. The summed E-state index contributed by atoms with van der Waals surface area (Å²) in [5.74, 6) is 5.06. The number of amides is 2. The molecule has 2 fully saturated rings. The molecule has 9 nitrogen and oxygen atoms in total. The number of hydrogen-bond acceptors (Lipinski definition) is 6. The lowest BCUT2D eigenvalue weighted by atomic mass is 10.0. The Kier molecular flexibility index (Phi) is 6.58. The normalized spacial score (nSPS) is 16.5. The molecule has 218 valence electrons. The Labute approximate surface area is 253 Å². The first-order valence-corrected chi connectivity index (χ1v) is 14.3. The highest BCUT2D eigenvalue weighted by atomic mass is 19.1. The SMILES string of the molecule is CC#CC(=O)N1CC2(CC2)C[C@H]1c1nc(-c2ccc(C(=O)Nc3cc(-c4ccccc4)ccn3)cc2F)c2c(N)nccn12. The number of rotatable bonds is 5. The topological polar surface area (TPSA) is 119 Å². The zero-order chi connectivity index (χ0) is 30.4. The number of anilines is 2. The average molecular weight is 586 g/mol. The summed E-state index contributed by atoms with van der Waals surface area (Å²) in [6.45, 7) is 2.24. The van der Waals surface area contributed by atoms with Gasteiger partial charge in [-0.2, -0.15) is 0 Å². The molecule has 1 atom stereocenters. The molecule has 0 unspecified atom stereocenters. The van der Waals surface area contributed by atoms with Crippen LogP contribution in [0.15, 0.2) is 79.3 Å². The number of pyridine rings is 1. The molecular weight excluding hydrogens is 557 g/mol. The Balaban J connectivity index is 1.22. The number of nitrogens with zero attached hydrogens (tertiary/aromatic N) is 5. The molecule has 1 aliphatic carbocycles. The Bertz CT molecular complexity index is 2010. The second kappa shape index (κ2) is 10.6. The van der Waals surface area contributed by atoms with E-state index in [0.29, 0.717) is 23.7 Å². The number of fused-ring (bicyclic) bond motifs is 1. The van der Waals surface area contributed by atoms with E-state index in [1.807, 2.05) is 36.4 Å². The maximum absolute atomic E-state index is 15.8. The predicted molar refractivity (Wildman–Crippen MR) is 165 cm³/mol. The Hall–Kier alpha value is -5.56. The van der Waals surface area contributed by atoms with Crippen molar-refractivity contribution in [3.8, 4) is 34.2 Å². The number of likely N-dealkylation sites (tertiary alicyclic amines) is 1. The Morgan fingerprint density at radius 3 is 2.61 bits per heavy atom. The number of halogens is 1. The van der Waals surface area contributed by atoms with Gasteiger partial charge >= 0.3 is 0 Å². The summed E-state index contributed by atoms with van der Waals surface area (Å²) >= 11 is 0. The van der Waals surface area contributed by atoms with Gasteiger partial charge in [0, 0.05) is 36.3 Å². The maximum Gasteiger partial charge on any atom is 0.299 e. The van der Waals surface area contributed by atoms with Crippen LogP contribution in [0.25, 0.3) is 27.9 Å². The van der Waals surface area contributed by atoms with Crippen LogP contribution in [-0.2, 0) is 4.79 Å². The van der Waals surface area contributed by atoms with Gasteiger partial charge in [0.05, 0.1) is 6.04 Å². The minimum atomic E-state index is -0.645. The van der Waals surface area contributed by atoms with Crippen LogP contribution in [0.1, 0.15) is 48.4 Å². The van der Waals surface area contributed by atoms with Crippen molar-refractivity contribution in [2.45, 2.75) is 32.2 Å². The monoisotopic (exact) mass is 585 g/mol. The van der Waals surface area contributed by atoms with E-state index in [1.54, 1.807) is 40.9 Å². The number of carbonyl (C=O) groups is 2. The lowest BCUT2D eigenvalue weighted by Gasteiger charge is -2.21. The van der Waals surface area contributed by atoms with Gasteiger partial charge < -0.3 is 16.0 Å². The van der Waals surface area contributed by atoms with Gasteiger partial charge in [0.15, 0.2) is 0 Å². The first kappa shape index (κ1) is 27.3. The van der Waals surface area contributed by atoms with E-state index in [1.165, 1.54) is 18.2 Å². The number of nitrogens with one attached hydrogen (secondary N) is 1. The van der Waals surface area contributed by atoms with Crippen LogP contribution in [0.2, 0.25) is 0 Å². The number of benzene rings is 2. The second-order valence-electron chi connectivity index (χ2n) is 11.3. The molecule has 3 N–H and O–H groups in total. The lowest BCUT2D eigenvalue weighted by molar-refractivity contribution is -0.126. The number of nitrogens with two attached hydrogens (primary N) is 1. The molecule has 1 saturated heterocycles. The molecule has 3 aromatic heterocycles. The Morgan fingerprint density at radius 2 is 1.86 bits per heavy atom. The molecule has 1 aliphatic heterocycles. The van der Waals surface area contributed by atoms with Crippen LogP contribution >= 0.6 is 0 Å². The summed E-state index contributed by atoms with van der Waals surface area (Å²) in [5, 5.41) is 2.76. The van der Waals surface area contributed by atoms with Gasteiger partial charge in [0.2, 0.25) is 0 Å². The molecule has 1 spiro atoms. The summed E-state index contributed by atoms with van der Waals surface area (Å²) < 4.78 is 17.6. The summed E-state index contributed by atoms with van der Waals surface area (Å²) in [5.41, 5.74) is 9.27. The second-order valence-corrected chi connectivity index (χ2v) is 11.3. The molecule has 7 rings (SSSR count). The van der Waals surface area contributed by atoms with Crippen molar-refractivity contribution >= 4 is 29.0 Å². The van der Waals surface area contributed by atoms with Crippen molar-refractivity contribution in [1.29, 1.82) is 0 Å². The van der Waals surface area contributed by atoms with Crippen LogP contribution in [0.3, 0.4) is 0 Å². The van der Waals surface area contributed by atoms with Gasteiger partial charge in [-0.3, -0.25) is 14.0 Å². The molecule has 44 heavy (non-hydrogen) atoms. The van der Waals surface area contributed by atoms with Crippen molar-refractivity contribution < 1.29 is 14.0 Å². The van der Waals surface area contributed by atoms with Gasteiger partial charge in [-0.05, 0) is 79.0 Å². The number of imidazole rings is 1. The minimum absolute atomic E-state index is 0.0655. The number of aromatic nitrogens is 4. The van der Waals surface area contributed by atoms with E-state index in [0.717, 1.165) is 30.4 Å². The van der Waals surface area contributed by atoms with Crippen LogP contribution in [0, 0.1) is 23.1 Å². The number of hydrogen-bond donors (Lipinski definition) is 2. The smallest absolute Gasteiger partial charge is 0.299 e. The fraction of sp³-hybridized carbons (Fsp3) is 0.206. The van der Waals surface area contributed by atoms with E-state index in [9.17, 15) is 9.59 Å². The van der Waals surface area contributed by atoms with Crippen LogP contribution < -0.4 is 11.1 Å². The average Bonchev–Trinajstić information content (AvgIpc) is 3.51. The van der Waals surface area contributed by atoms with Crippen molar-refractivity contribution in [2.24, 2.45) is 5.41 Å². The first-order valence-electron chi connectivity index (χ1n) is 14.3. The third kappa shape index (κ3) is 4.82. The highest BCUT2D eigenvalue weighted by Gasteiger charge is 2.54. The van der Waals surface area contributed by atoms with Gasteiger partial charge in [-0.25, -0.2) is 19.3 Å². The highest BCUT2D eigenvalue weighted by Crippen LogP contribution is 2.58. The zero-order valence-electron chi connectivity index (χ0n) is 23.9. The predicted octanol–water partition coefficient (Wildman–Crippen LogP) is 5.51. The van der Waals surface area contributed by atoms with Crippen molar-refractivity contribution in [3.63, 3.8) is 0 Å². The third-order valence-corrected chi connectivity index (χ3v) is 8.46. The van der Waals surface area contributed by atoms with Crippen LogP contribution in [-0.4, -0.2) is 42.6 Å². The van der Waals surface area contributed by atoms with Gasteiger partial charge in [-0.15, -0.1) is 0 Å². The van der Waals surface area contributed by atoms with Gasteiger partial charge in [0.1, 0.15) is 34.5 Å². The van der Waals surface area contributed by atoms with E-state index in [-0.39, 0.29) is 40.0 Å². The first-order chi connectivity index (χ1) is 21.4. The van der Waals surface area contributed by atoms with E-state index in [4.69, 9.17) is 10.7 Å². The fourth-order valence-corrected chi connectivity index (χ4v) is 6.07. The standard InChI is InChI=1S/C34H28FN7O2/c1-2-6-28(43)42-20-34(12-13-34)19-26(42)32-40-29(30-31(36)38-15-16-41(30)32)24-10-9-23(17-25(24)35)33(44)39-27-18-22(11-14-37-27)21-7-4-3-5-8-21/h3-5,7-11,14-18,26H,12-13,19-20H2,1H3,(H2,36,38)(H,37,39,44)/t26-/m0/s1. The largest absolute Gasteiger partial charge is 0.382 e. The third-order valence-electron chi connectivity index (χ3n) is 8.46. The van der Waals surface area contributed by atoms with Gasteiger partial charge in [0.25, 0.3) is 11.8 Å². The summed E-state index contributed by atoms with van der Waals surface area (Å²) in [6.07, 6.45) is 7.71. The molecule has 2 amide bonds. The van der Waals surface area contributed by atoms with Crippen molar-refractivity contribution in [3.05, 3.63) is 96.5 Å². The quantitative estimate of drug-likeness (QED) is 0.263. The fourth-order valence-electron chi connectivity index (χ4n) is 6.07. The lowest BCUT2D eigenvalue weighted by Crippen LogP contribution is -2.31. The zero-order valence-corrected chi connectivity index (χ0v) is 23.9. The summed E-state index contributed by atoms with van der Waals surface area (Å²) in [6, 6.07) is 17.2. The maximum atomic E-state index is 15.8. The molecule has 2 aliphatic rings. The van der Waals surface area contributed by atoms with E-state index < -0.39 is 11.7 Å². The van der Waals surface area contributed by atoms with Crippen LogP contribution in [0.4, 0.5) is 16.0 Å². The van der Waals surface area contributed by atoms with Crippen molar-refractivity contribution in [2.75, 3.05) is 17.6 Å². The Morgan fingerprint density at radius 1 is 1.05 bits per heavy atom. The molecular formula is C34H28FN7O2. The highest BCUT2D eigenvalue weighted by molar-refractivity contribution is 6.04.